The van der Waals surface area contributed by atoms with E-state index >= 15 is 0 Å². The molecular weight excluding hydrogens is 452 g/mol. The first-order chi connectivity index (χ1) is 15.9. The SMILES string of the molecule is CCOC(=O)c1cc(C(=O)N(Cc2nnc(-c3ccc(Cl)cc3)o2)C2CC2)cc([N+](=O)[O-])c1. The number of amides is 1. The molecule has 0 atom stereocenters. The topological polar surface area (TPSA) is 129 Å². The summed E-state index contributed by atoms with van der Waals surface area (Å²) in [5, 5.41) is 20.0. The van der Waals surface area contributed by atoms with Crippen LogP contribution in [-0.4, -0.2) is 44.5 Å². The fraction of sp³-hybridized carbons (Fsp3) is 0.273. The van der Waals surface area contributed by atoms with Crippen molar-refractivity contribution in [3.05, 3.63) is 74.6 Å². The molecule has 10 nitrogen and oxygen atoms in total. The van der Waals surface area contributed by atoms with Crippen LogP contribution in [0.2, 0.25) is 5.02 Å². The molecule has 0 saturated heterocycles. The van der Waals surface area contributed by atoms with Crippen LogP contribution in [0.1, 0.15) is 46.4 Å². The van der Waals surface area contributed by atoms with Crippen molar-refractivity contribution in [3.8, 4) is 11.5 Å². The van der Waals surface area contributed by atoms with Gasteiger partial charge in [-0.1, -0.05) is 11.6 Å². The number of hydrogen-bond donors (Lipinski definition) is 0. The highest BCUT2D eigenvalue weighted by Crippen LogP contribution is 2.31. The zero-order valence-electron chi connectivity index (χ0n) is 17.6. The predicted octanol–water partition coefficient (Wildman–Crippen LogP) is 4.28. The van der Waals surface area contributed by atoms with Gasteiger partial charge >= 0.3 is 5.97 Å². The minimum Gasteiger partial charge on any atom is -0.462 e. The first kappa shape index (κ1) is 22.4. The van der Waals surface area contributed by atoms with Gasteiger partial charge in [0.05, 0.1) is 23.6 Å². The minimum atomic E-state index is -0.738. The van der Waals surface area contributed by atoms with Gasteiger partial charge in [0.15, 0.2) is 0 Å². The third-order valence-corrected chi connectivity index (χ3v) is 5.25. The second kappa shape index (κ2) is 9.37. The van der Waals surface area contributed by atoms with Crippen LogP contribution in [0.25, 0.3) is 11.5 Å². The third kappa shape index (κ3) is 5.17. The fourth-order valence-corrected chi connectivity index (χ4v) is 3.39. The van der Waals surface area contributed by atoms with Gasteiger partial charge < -0.3 is 14.1 Å². The Labute approximate surface area is 193 Å². The van der Waals surface area contributed by atoms with Crippen molar-refractivity contribution in [2.24, 2.45) is 0 Å². The van der Waals surface area contributed by atoms with Gasteiger partial charge in [0.25, 0.3) is 11.6 Å². The van der Waals surface area contributed by atoms with Crippen LogP contribution in [0.15, 0.2) is 46.9 Å². The number of nitrogens with zero attached hydrogens (tertiary/aromatic N) is 4. The van der Waals surface area contributed by atoms with E-state index in [1.807, 2.05) is 0 Å². The van der Waals surface area contributed by atoms with Gasteiger partial charge in [-0.2, -0.15) is 0 Å². The van der Waals surface area contributed by atoms with Crippen LogP contribution in [-0.2, 0) is 11.3 Å². The third-order valence-electron chi connectivity index (χ3n) is 5.00. The molecule has 0 radical (unpaired) electrons. The molecule has 1 saturated carbocycles. The fourth-order valence-electron chi connectivity index (χ4n) is 3.26. The summed E-state index contributed by atoms with van der Waals surface area (Å²) < 4.78 is 10.7. The predicted molar refractivity (Wildman–Crippen MR) is 117 cm³/mol. The van der Waals surface area contributed by atoms with Crippen LogP contribution in [0, 0.1) is 10.1 Å². The number of nitro benzene ring substituents is 1. The number of aromatic nitrogens is 2. The molecular formula is C22H19ClN4O6. The molecule has 1 aliphatic rings. The summed E-state index contributed by atoms with van der Waals surface area (Å²) in [4.78, 5) is 37.7. The molecule has 4 rings (SSSR count). The van der Waals surface area contributed by atoms with Crippen LogP contribution in [0.4, 0.5) is 5.69 Å². The average molecular weight is 471 g/mol. The molecule has 2 aromatic carbocycles. The Hall–Kier alpha value is -3.79. The van der Waals surface area contributed by atoms with E-state index in [1.165, 1.54) is 11.0 Å². The van der Waals surface area contributed by atoms with Gasteiger partial charge in [-0.25, -0.2) is 4.79 Å². The van der Waals surface area contributed by atoms with E-state index in [0.717, 1.165) is 25.0 Å². The van der Waals surface area contributed by atoms with Crippen LogP contribution >= 0.6 is 11.6 Å². The number of carbonyl (C=O) groups excluding carboxylic acids is 2. The van der Waals surface area contributed by atoms with E-state index in [2.05, 4.69) is 10.2 Å². The van der Waals surface area contributed by atoms with E-state index in [0.29, 0.717) is 10.6 Å². The molecule has 0 aliphatic heterocycles. The van der Waals surface area contributed by atoms with Crippen LogP contribution in [0.3, 0.4) is 0 Å². The van der Waals surface area contributed by atoms with Gasteiger partial charge in [-0.05, 0) is 50.1 Å². The van der Waals surface area contributed by atoms with Crippen molar-refractivity contribution in [2.45, 2.75) is 32.4 Å². The number of rotatable bonds is 8. The molecule has 11 heteroatoms. The molecule has 1 fully saturated rings. The summed E-state index contributed by atoms with van der Waals surface area (Å²) >= 11 is 5.90. The first-order valence-electron chi connectivity index (χ1n) is 10.2. The van der Waals surface area contributed by atoms with Gasteiger partial charge in [-0.15, -0.1) is 10.2 Å². The van der Waals surface area contributed by atoms with Gasteiger partial charge in [0.2, 0.25) is 11.8 Å². The quantitative estimate of drug-likeness (QED) is 0.271. The number of hydrogen-bond acceptors (Lipinski definition) is 8. The molecule has 1 amide bonds. The Balaban J connectivity index is 1.60. The number of halogens is 1. The number of benzene rings is 2. The number of nitro groups is 1. The maximum Gasteiger partial charge on any atom is 0.338 e. The van der Waals surface area contributed by atoms with Crippen molar-refractivity contribution in [2.75, 3.05) is 6.61 Å². The van der Waals surface area contributed by atoms with Crippen LogP contribution < -0.4 is 0 Å². The molecule has 33 heavy (non-hydrogen) atoms. The molecule has 3 aromatic rings. The Bertz CT molecular complexity index is 1210. The van der Waals surface area contributed by atoms with Gasteiger partial charge in [-0.3, -0.25) is 14.9 Å². The summed E-state index contributed by atoms with van der Waals surface area (Å²) in [6.07, 6.45) is 1.56. The molecule has 1 aromatic heterocycles. The second-order valence-electron chi connectivity index (χ2n) is 7.42. The zero-order valence-corrected chi connectivity index (χ0v) is 18.3. The number of ether oxygens (including phenoxy) is 1. The second-order valence-corrected chi connectivity index (χ2v) is 7.85. The van der Waals surface area contributed by atoms with Crippen molar-refractivity contribution in [1.29, 1.82) is 0 Å². The van der Waals surface area contributed by atoms with E-state index in [1.54, 1.807) is 31.2 Å². The average Bonchev–Trinajstić information content (AvgIpc) is 3.55. The summed E-state index contributed by atoms with van der Waals surface area (Å²) in [6, 6.07) is 10.4. The molecule has 0 unspecified atom stereocenters. The van der Waals surface area contributed by atoms with E-state index in [9.17, 15) is 19.7 Å². The molecule has 1 aliphatic carbocycles. The highest BCUT2D eigenvalue weighted by molar-refractivity contribution is 6.30. The Morgan fingerprint density at radius 3 is 2.52 bits per heavy atom. The Morgan fingerprint density at radius 1 is 1.18 bits per heavy atom. The monoisotopic (exact) mass is 470 g/mol. The van der Waals surface area contributed by atoms with E-state index in [-0.39, 0.29) is 47.8 Å². The van der Waals surface area contributed by atoms with E-state index < -0.39 is 16.8 Å². The molecule has 0 N–H and O–H groups in total. The maximum absolute atomic E-state index is 13.3. The molecule has 0 bridgehead atoms. The Morgan fingerprint density at radius 2 is 1.88 bits per heavy atom. The highest BCUT2D eigenvalue weighted by Gasteiger charge is 2.35. The lowest BCUT2D eigenvalue weighted by Gasteiger charge is -2.20. The number of carbonyl (C=O) groups is 2. The Kier molecular flexibility index (Phi) is 6.36. The normalized spacial score (nSPS) is 12.9. The standard InChI is InChI=1S/C22H19ClN4O6/c1-2-32-22(29)15-9-14(10-18(11-15)27(30)31)21(28)26(17-7-8-17)12-19-24-25-20(33-19)13-3-5-16(23)6-4-13/h3-6,9-11,17H,2,7-8,12H2,1H3. The van der Waals surface area contributed by atoms with Gasteiger partial charge in [0, 0.05) is 34.3 Å². The molecule has 1 heterocycles. The largest absolute Gasteiger partial charge is 0.462 e. The molecule has 0 spiro atoms. The summed E-state index contributed by atoms with van der Waals surface area (Å²) in [6.45, 7) is 1.76. The van der Waals surface area contributed by atoms with E-state index in [4.69, 9.17) is 20.8 Å². The van der Waals surface area contributed by atoms with Crippen molar-refractivity contribution >= 4 is 29.2 Å². The van der Waals surface area contributed by atoms with Crippen molar-refractivity contribution < 1.29 is 23.7 Å². The first-order valence-corrected chi connectivity index (χ1v) is 10.6. The summed E-state index contributed by atoms with van der Waals surface area (Å²) in [5.74, 6) is -0.711. The summed E-state index contributed by atoms with van der Waals surface area (Å²) in [5.41, 5.74) is 0.257. The number of non-ortho nitro benzene ring substituents is 1. The molecule has 170 valence electrons. The number of esters is 1. The lowest BCUT2D eigenvalue weighted by atomic mass is 10.1. The zero-order chi connectivity index (χ0) is 23.5. The van der Waals surface area contributed by atoms with Crippen molar-refractivity contribution in [3.63, 3.8) is 0 Å². The summed E-state index contributed by atoms with van der Waals surface area (Å²) in [7, 11) is 0. The van der Waals surface area contributed by atoms with Gasteiger partial charge in [0.1, 0.15) is 0 Å². The minimum absolute atomic E-state index is 0.0107. The van der Waals surface area contributed by atoms with Crippen LogP contribution in [0.5, 0.6) is 0 Å². The van der Waals surface area contributed by atoms with Crippen molar-refractivity contribution in [1.82, 2.24) is 15.1 Å². The lowest BCUT2D eigenvalue weighted by Crippen LogP contribution is -2.33. The maximum atomic E-state index is 13.3. The lowest BCUT2D eigenvalue weighted by molar-refractivity contribution is -0.384. The smallest absolute Gasteiger partial charge is 0.338 e. The highest BCUT2D eigenvalue weighted by atomic mass is 35.5.